The average Bonchev–Trinajstić information content (AvgIpc) is 2.92. The van der Waals surface area contributed by atoms with Crippen LogP contribution in [0.3, 0.4) is 0 Å². The van der Waals surface area contributed by atoms with E-state index in [0.717, 1.165) is 35.5 Å². The molecule has 3 aliphatic carbocycles. The summed E-state index contributed by atoms with van der Waals surface area (Å²) in [5, 5.41) is 0.270. The molecule has 1 heterocycles. The van der Waals surface area contributed by atoms with Gasteiger partial charge < -0.3 is 0 Å². The third-order valence-electron chi connectivity index (χ3n) is 9.00. The minimum Gasteiger partial charge on any atom is -0.247 e. The zero-order valence-electron chi connectivity index (χ0n) is 20.1. The maximum absolute atomic E-state index is 2.63. The first kappa shape index (κ1) is 22.0. The number of rotatable bonds is 8. The number of fused-ring (bicyclic) bond motifs is 2. The lowest BCUT2D eigenvalue weighted by Crippen LogP contribution is -2.61. The third-order valence-corrected chi connectivity index (χ3v) is 9.00. The van der Waals surface area contributed by atoms with E-state index in [9.17, 15) is 0 Å². The van der Waals surface area contributed by atoms with Crippen LogP contribution in [0.25, 0.3) is 0 Å². The molecule has 3 saturated carbocycles. The van der Waals surface area contributed by atoms with Gasteiger partial charge >= 0.3 is 0 Å². The van der Waals surface area contributed by atoms with Crippen LogP contribution in [-0.2, 0) is 14.1 Å². The Labute approximate surface area is 175 Å². The van der Waals surface area contributed by atoms with Gasteiger partial charge in [-0.1, -0.05) is 61.3 Å². The molecule has 2 nitrogen and oxygen atoms in total. The Morgan fingerprint density at radius 3 is 2.50 bits per heavy atom. The highest BCUT2D eigenvalue weighted by molar-refractivity contribution is 6.54. The average molecular weight is 384 g/mol. The topological polar surface area (TPSA) is 8.81 Å². The first-order chi connectivity index (χ1) is 13.0. The predicted molar refractivity (Wildman–Crippen MR) is 121 cm³/mol. The first-order valence-corrected chi connectivity index (χ1v) is 11.9. The molecular weight excluding hydrogens is 339 g/mol. The summed E-state index contributed by atoms with van der Waals surface area (Å²) in [5.41, 5.74) is 1.96. The maximum Gasteiger partial charge on any atom is 0.275 e. The molecule has 3 fully saturated rings. The van der Waals surface area contributed by atoms with Crippen molar-refractivity contribution < 1.29 is 4.57 Å². The number of aromatic nitrogens is 2. The second kappa shape index (κ2) is 7.84. The number of hydrogen-bond donors (Lipinski definition) is 0. The molecule has 0 aliphatic heterocycles. The van der Waals surface area contributed by atoms with Crippen molar-refractivity contribution in [2.24, 2.45) is 55.0 Å². The first-order valence-electron chi connectivity index (χ1n) is 11.9. The molecule has 28 heavy (non-hydrogen) atoms. The summed E-state index contributed by atoms with van der Waals surface area (Å²) in [7, 11) is 7.00. The van der Waals surface area contributed by atoms with E-state index in [2.05, 4.69) is 91.4 Å². The molecule has 1 radical (unpaired) electrons. The third kappa shape index (κ3) is 3.72. The summed E-state index contributed by atoms with van der Waals surface area (Å²) in [6, 6.07) is 0. The summed E-state index contributed by atoms with van der Waals surface area (Å²) < 4.78 is 4.58. The zero-order valence-corrected chi connectivity index (χ0v) is 20.1. The lowest BCUT2D eigenvalue weighted by molar-refractivity contribution is -0.653. The van der Waals surface area contributed by atoms with Crippen molar-refractivity contribution in [3.8, 4) is 0 Å². The SMILES string of the molecule is CCC(C)CC1(C)C2CC(C(C)([B]c3n(C)cc[n+]3C)CC(C)C)C(C)C1C2. The van der Waals surface area contributed by atoms with Crippen molar-refractivity contribution in [1.82, 2.24) is 4.57 Å². The van der Waals surface area contributed by atoms with Gasteiger partial charge in [-0.25, -0.2) is 9.13 Å². The van der Waals surface area contributed by atoms with E-state index in [4.69, 9.17) is 0 Å². The smallest absolute Gasteiger partial charge is 0.247 e. The molecule has 3 heteroatoms. The van der Waals surface area contributed by atoms with Gasteiger partial charge in [-0.15, -0.1) is 0 Å². The highest BCUT2D eigenvalue weighted by Gasteiger charge is 2.61. The highest BCUT2D eigenvalue weighted by atomic mass is 15.1. The van der Waals surface area contributed by atoms with E-state index in [1.807, 2.05) is 0 Å². The Morgan fingerprint density at radius 1 is 1.32 bits per heavy atom. The maximum atomic E-state index is 2.63. The number of hydrogen-bond acceptors (Lipinski definition) is 0. The van der Waals surface area contributed by atoms with Crippen molar-refractivity contribution in [2.75, 3.05) is 0 Å². The Bertz CT molecular complexity index is 661. The van der Waals surface area contributed by atoms with Crippen LogP contribution in [-0.4, -0.2) is 11.8 Å². The van der Waals surface area contributed by atoms with Crippen LogP contribution in [0.4, 0.5) is 0 Å². The Kier molecular flexibility index (Phi) is 6.15. The number of aryl methyl sites for hydroxylation is 2. The summed E-state index contributed by atoms with van der Waals surface area (Å²) in [4.78, 5) is 0. The predicted octanol–water partition coefficient (Wildman–Crippen LogP) is 5.14. The highest BCUT2D eigenvalue weighted by Crippen LogP contribution is 2.69. The fourth-order valence-corrected chi connectivity index (χ4v) is 7.35. The van der Waals surface area contributed by atoms with Gasteiger partial charge in [-0.05, 0) is 65.5 Å². The Morgan fingerprint density at radius 2 is 2.00 bits per heavy atom. The molecule has 1 aromatic rings. The standard InChI is InChI=1S/C25H45BN2/c1-10-18(4)16-24(6)20-13-21(24)19(5)22(14-20)25(7,15-17(2)3)26-23-27(8)11-12-28(23)9/h11-12,17-22H,10,13-16H2,1-9H3/q+1. The van der Waals surface area contributed by atoms with Crippen LogP contribution in [0.5, 0.6) is 0 Å². The van der Waals surface area contributed by atoms with Crippen LogP contribution in [0.2, 0.25) is 5.31 Å². The van der Waals surface area contributed by atoms with Crippen molar-refractivity contribution in [1.29, 1.82) is 0 Å². The molecule has 0 amide bonds. The fraction of sp³-hybridized carbons (Fsp3) is 0.880. The molecule has 0 N–H and O–H groups in total. The van der Waals surface area contributed by atoms with Crippen molar-refractivity contribution >= 4 is 13.0 Å². The molecule has 0 spiro atoms. The van der Waals surface area contributed by atoms with E-state index in [0.29, 0.717) is 5.41 Å². The van der Waals surface area contributed by atoms with Crippen LogP contribution in [0, 0.1) is 40.9 Å². The Balaban J connectivity index is 1.85. The fourth-order valence-electron chi connectivity index (χ4n) is 7.35. The summed E-state index contributed by atoms with van der Waals surface area (Å²) >= 11 is 0. The van der Waals surface area contributed by atoms with Crippen LogP contribution in [0.15, 0.2) is 12.4 Å². The molecule has 0 saturated heterocycles. The van der Waals surface area contributed by atoms with Crippen LogP contribution < -0.4 is 10.3 Å². The molecule has 7 atom stereocenters. The van der Waals surface area contributed by atoms with Gasteiger partial charge in [0.1, 0.15) is 12.4 Å². The van der Waals surface area contributed by atoms with Gasteiger partial charge in [0.15, 0.2) is 5.72 Å². The quantitative estimate of drug-likeness (QED) is 0.434. The lowest BCUT2D eigenvalue weighted by atomic mass is 9.34. The van der Waals surface area contributed by atoms with Crippen molar-refractivity contribution in [3.05, 3.63) is 12.4 Å². The van der Waals surface area contributed by atoms with Gasteiger partial charge in [0.2, 0.25) is 0 Å². The van der Waals surface area contributed by atoms with E-state index in [1.165, 1.54) is 37.8 Å². The zero-order chi connectivity index (χ0) is 20.9. The summed E-state index contributed by atoms with van der Waals surface area (Å²) in [5.74, 6) is 5.09. The number of imidazole rings is 1. The van der Waals surface area contributed by atoms with E-state index < -0.39 is 0 Å². The lowest BCUT2D eigenvalue weighted by Gasteiger charge is -2.66. The molecule has 3 aliphatic rings. The molecule has 7 unspecified atom stereocenters. The second-order valence-corrected chi connectivity index (χ2v) is 11.6. The van der Waals surface area contributed by atoms with Crippen molar-refractivity contribution in [2.45, 2.75) is 85.9 Å². The Hall–Kier alpha value is -0.725. The summed E-state index contributed by atoms with van der Waals surface area (Å²) in [6.07, 6.45) is 11.3. The largest absolute Gasteiger partial charge is 0.275 e. The van der Waals surface area contributed by atoms with E-state index in [1.54, 1.807) is 0 Å². The minimum absolute atomic E-state index is 0.270. The summed E-state index contributed by atoms with van der Waals surface area (Å²) in [6.45, 7) is 17.4. The van der Waals surface area contributed by atoms with Gasteiger partial charge in [-0.2, -0.15) is 0 Å². The molecule has 1 aromatic heterocycles. The van der Waals surface area contributed by atoms with E-state index >= 15 is 0 Å². The van der Waals surface area contributed by atoms with Gasteiger partial charge in [0.25, 0.3) is 7.28 Å². The second-order valence-electron chi connectivity index (χ2n) is 11.6. The number of nitrogens with zero attached hydrogens (tertiary/aromatic N) is 2. The van der Waals surface area contributed by atoms with Gasteiger partial charge in [-0.3, -0.25) is 0 Å². The van der Waals surface area contributed by atoms with Crippen LogP contribution >= 0.6 is 0 Å². The molecular formula is C25H45BN2+. The van der Waals surface area contributed by atoms with Crippen LogP contribution in [0.1, 0.15) is 80.6 Å². The van der Waals surface area contributed by atoms with Gasteiger partial charge in [0.05, 0.1) is 14.1 Å². The molecule has 4 rings (SSSR count). The monoisotopic (exact) mass is 384 g/mol. The minimum atomic E-state index is 0.270. The molecule has 0 aromatic carbocycles. The van der Waals surface area contributed by atoms with Crippen molar-refractivity contribution in [3.63, 3.8) is 0 Å². The van der Waals surface area contributed by atoms with Gasteiger partial charge in [0, 0.05) is 0 Å². The molecule has 2 bridgehead atoms. The normalized spacial score (nSPS) is 35.4. The molecule has 157 valence electrons. The van der Waals surface area contributed by atoms with E-state index in [-0.39, 0.29) is 5.31 Å².